The summed E-state index contributed by atoms with van der Waals surface area (Å²) in [6.07, 6.45) is 4.89. The number of nitrogens with zero attached hydrogens (tertiary/aromatic N) is 3. The minimum absolute atomic E-state index is 0.0508. The van der Waals surface area contributed by atoms with E-state index in [2.05, 4.69) is 22.1 Å². The number of pyridine rings is 1. The maximum atomic E-state index is 12.5. The smallest absolute Gasteiger partial charge is 0.272 e. The largest absolute Gasteiger partial charge is 0.334 e. The summed E-state index contributed by atoms with van der Waals surface area (Å²) in [5.41, 5.74) is 1.17. The highest BCUT2D eigenvalue weighted by Gasteiger charge is 2.29. The standard InChI is InChI=1S/C13H16N4O/c1-2-9-5-4-8-17(9)13(18)11-10-6-3-7-14-12(10)16-15-11/h3,6-7,9H,2,4-5,8H2,1H3,(H,14,15,16). The summed E-state index contributed by atoms with van der Waals surface area (Å²) >= 11 is 0. The third kappa shape index (κ3) is 1.66. The van der Waals surface area contributed by atoms with E-state index in [1.165, 1.54) is 0 Å². The summed E-state index contributed by atoms with van der Waals surface area (Å²) in [6.45, 7) is 2.97. The van der Waals surface area contributed by atoms with Gasteiger partial charge in [-0.1, -0.05) is 6.92 Å². The molecule has 1 unspecified atom stereocenters. The van der Waals surface area contributed by atoms with Gasteiger partial charge < -0.3 is 4.90 Å². The number of hydrogen-bond donors (Lipinski definition) is 1. The van der Waals surface area contributed by atoms with Gasteiger partial charge in [-0.2, -0.15) is 5.10 Å². The Labute approximate surface area is 105 Å². The van der Waals surface area contributed by atoms with Crippen molar-refractivity contribution < 1.29 is 4.79 Å². The van der Waals surface area contributed by atoms with Gasteiger partial charge in [0.25, 0.3) is 5.91 Å². The Morgan fingerprint density at radius 2 is 2.50 bits per heavy atom. The summed E-state index contributed by atoms with van der Waals surface area (Å²) < 4.78 is 0. The van der Waals surface area contributed by atoms with Crippen LogP contribution in [-0.2, 0) is 0 Å². The molecule has 2 aromatic heterocycles. The summed E-state index contributed by atoms with van der Waals surface area (Å²) in [7, 11) is 0. The highest BCUT2D eigenvalue weighted by Crippen LogP contribution is 2.23. The summed E-state index contributed by atoms with van der Waals surface area (Å²) in [5, 5.41) is 7.72. The van der Waals surface area contributed by atoms with E-state index >= 15 is 0 Å². The number of fused-ring (bicyclic) bond motifs is 1. The quantitative estimate of drug-likeness (QED) is 0.878. The van der Waals surface area contributed by atoms with Crippen LogP contribution in [0.2, 0.25) is 0 Å². The van der Waals surface area contributed by atoms with Crippen molar-refractivity contribution in [3.05, 3.63) is 24.0 Å². The average Bonchev–Trinajstić information content (AvgIpc) is 3.04. The second-order valence-corrected chi connectivity index (χ2v) is 4.68. The first kappa shape index (κ1) is 11.2. The van der Waals surface area contributed by atoms with Crippen LogP contribution >= 0.6 is 0 Å². The number of likely N-dealkylation sites (tertiary alicyclic amines) is 1. The van der Waals surface area contributed by atoms with Gasteiger partial charge in [-0.25, -0.2) is 4.98 Å². The fourth-order valence-electron chi connectivity index (χ4n) is 2.68. The van der Waals surface area contributed by atoms with Crippen LogP contribution in [0.15, 0.2) is 18.3 Å². The van der Waals surface area contributed by atoms with E-state index in [0.29, 0.717) is 17.4 Å². The molecule has 1 aliphatic rings. The van der Waals surface area contributed by atoms with Crippen LogP contribution in [0.4, 0.5) is 0 Å². The lowest BCUT2D eigenvalue weighted by molar-refractivity contribution is 0.0729. The second kappa shape index (κ2) is 4.40. The van der Waals surface area contributed by atoms with Gasteiger partial charge in [0, 0.05) is 18.8 Å². The van der Waals surface area contributed by atoms with E-state index in [4.69, 9.17) is 0 Å². The van der Waals surface area contributed by atoms with Crippen molar-refractivity contribution in [2.45, 2.75) is 32.2 Å². The highest BCUT2D eigenvalue weighted by molar-refractivity contribution is 6.03. The molecule has 5 heteroatoms. The molecule has 5 nitrogen and oxygen atoms in total. The lowest BCUT2D eigenvalue weighted by Gasteiger charge is -2.22. The summed E-state index contributed by atoms with van der Waals surface area (Å²) in [6, 6.07) is 4.08. The van der Waals surface area contributed by atoms with Crippen LogP contribution in [0.3, 0.4) is 0 Å². The van der Waals surface area contributed by atoms with Crippen LogP contribution in [0.1, 0.15) is 36.7 Å². The zero-order valence-electron chi connectivity index (χ0n) is 10.4. The Morgan fingerprint density at radius 3 is 3.33 bits per heavy atom. The molecule has 1 aliphatic heterocycles. The Kier molecular flexibility index (Phi) is 2.74. The number of hydrogen-bond acceptors (Lipinski definition) is 3. The molecule has 1 fully saturated rings. The molecule has 1 amide bonds. The van der Waals surface area contributed by atoms with Crippen LogP contribution in [0, 0.1) is 0 Å². The number of rotatable bonds is 2. The molecule has 1 saturated heterocycles. The topological polar surface area (TPSA) is 61.9 Å². The fraction of sp³-hybridized carbons (Fsp3) is 0.462. The second-order valence-electron chi connectivity index (χ2n) is 4.68. The highest BCUT2D eigenvalue weighted by atomic mass is 16.2. The molecule has 3 heterocycles. The third-order valence-corrected chi connectivity index (χ3v) is 3.65. The predicted molar refractivity (Wildman–Crippen MR) is 68.2 cm³/mol. The molecule has 0 radical (unpaired) electrons. The van der Waals surface area contributed by atoms with E-state index in [-0.39, 0.29) is 5.91 Å². The molecule has 18 heavy (non-hydrogen) atoms. The first-order chi connectivity index (χ1) is 8.81. The molecule has 3 rings (SSSR count). The van der Waals surface area contributed by atoms with Gasteiger partial charge in [-0.15, -0.1) is 0 Å². The van der Waals surface area contributed by atoms with Crippen molar-refractivity contribution in [2.75, 3.05) is 6.54 Å². The maximum absolute atomic E-state index is 12.5. The average molecular weight is 244 g/mol. The number of carbonyl (C=O) groups is 1. The molecular weight excluding hydrogens is 228 g/mol. The molecule has 2 aromatic rings. The van der Waals surface area contributed by atoms with Crippen molar-refractivity contribution in [2.24, 2.45) is 0 Å². The number of carbonyl (C=O) groups excluding carboxylic acids is 1. The molecule has 0 saturated carbocycles. The fourth-order valence-corrected chi connectivity index (χ4v) is 2.68. The van der Waals surface area contributed by atoms with Crippen molar-refractivity contribution >= 4 is 16.9 Å². The van der Waals surface area contributed by atoms with Crippen LogP contribution in [-0.4, -0.2) is 38.6 Å². The van der Waals surface area contributed by atoms with Crippen molar-refractivity contribution in [3.63, 3.8) is 0 Å². The Morgan fingerprint density at radius 1 is 1.61 bits per heavy atom. The summed E-state index contributed by atoms with van der Waals surface area (Å²) in [4.78, 5) is 18.6. The SMILES string of the molecule is CCC1CCCN1C(=O)c1[nH]nc2ncccc12. The van der Waals surface area contributed by atoms with Crippen LogP contribution < -0.4 is 0 Å². The zero-order valence-corrected chi connectivity index (χ0v) is 10.4. The van der Waals surface area contributed by atoms with Crippen molar-refractivity contribution in [3.8, 4) is 0 Å². The van der Waals surface area contributed by atoms with E-state index in [1.54, 1.807) is 6.20 Å². The minimum atomic E-state index is 0.0508. The summed E-state index contributed by atoms with van der Waals surface area (Å²) in [5.74, 6) is 0.0508. The first-order valence-corrected chi connectivity index (χ1v) is 6.41. The van der Waals surface area contributed by atoms with Gasteiger partial charge in [-0.05, 0) is 31.4 Å². The number of aromatic amines is 1. The number of H-pyrrole nitrogens is 1. The number of aromatic nitrogens is 3. The monoisotopic (exact) mass is 244 g/mol. The Hall–Kier alpha value is -1.91. The first-order valence-electron chi connectivity index (χ1n) is 6.41. The Bertz CT molecular complexity index is 577. The third-order valence-electron chi connectivity index (χ3n) is 3.65. The van der Waals surface area contributed by atoms with Gasteiger partial charge in [0.2, 0.25) is 0 Å². The molecular formula is C13H16N4O. The zero-order chi connectivity index (χ0) is 12.5. The molecule has 0 aromatic carbocycles. The van der Waals surface area contributed by atoms with Crippen LogP contribution in [0.5, 0.6) is 0 Å². The van der Waals surface area contributed by atoms with Gasteiger partial charge >= 0.3 is 0 Å². The number of nitrogens with one attached hydrogen (secondary N) is 1. The van der Waals surface area contributed by atoms with Crippen LogP contribution in [0.25, 0.3) is 11.0 Å². The van der Waals surface area contributed by atoms with E-state index in [1.807, 2.05) is 17.0 Å². The normalized spacial score (nSPS) is 19.6. The van der Waals surface area contributed by atoms with Crippen molar-refractivity contribution in [1.82, 2.24) is 20.1 Å². The molecule has 1 atom stereocenters. The minimum Gasteiger partial charge on any atom is -0.334 e. The predicted octanol–water partition coefficient (Wildman–Crippen LogP) is 1.97. The lowest BCUT2D eigenvalue weighted by atomic mass is 10.1. The van der Waals surface area contributed by atoms with E-state index < -0.39 is 0 Å². The van der Waals surface area contributed by atoms with Gasteiger partial charge in [-0.3, -0.25) is 9.89 Å². The van der Waals surface area contributed by atoms with Gasteiger partial charge in [0.1, 0.15) is 5.69 Å². The van der Waals surface area contributed by atoms with Gasteiger partial charge in [0.05, 0.1) is 5.39 Å². The molecule has 1 N–H and O–H groups in total. The molecule has 0 aliphatic carbocycles. The van der Waals surface area contributed by atoms with E-state index in [0.717, 1.165) is 31.2 Å². The maximum Gasteiger partial charge on any atom is 0.272 e. The molecule has 0 bridgehead atoms. The Balaban J connectivity index is 1.97. The van der Waals surface area contributed by atoms with Gasteiger partial charge in [0.15, 0.2) is 5.65 Å². The molecule has 94 valence electrons. The van der Waals surface area contributed by atoms with E-state index in [9.17, 15) is 4.79 Å². The van der Waals surface area contributed by atoms with Crippen molar-refractivity contribution in [1.29, 1.82) is 0 Å². The lowest BCUT2D eigenvalue weighted by Crippen LogP contribution is -2.35. The number of amides is 1. The molecule has 0 spiro atoms.